The molecule has 0 aliphatic heterocycles. The van der Waals surface area contributed by atoms with E-state index in [1.165, 1.54) is 29.5 Å². The summed E-state index contributed by atoms with van der Waals surface area (Å²) in [5.74, 6) is 0.750. The molecule has 0 aliphatic rings. The highest BCUT2D eigenvalue weighted by molar-refractivity contribution is 6.31. The highest BCUT2D eigenvalue weighted by Crippen LogP contribution is 2.28. The van der Waals surface area contributed by atoms with Crippen LogP contribution < -0.4 is 5.32 Å². The Morgan fingerprint density at radius 2 is 1.78 bits per heavy atom. The van der Waals surface area contributed by atoms with Crippen molar-refractivity contribution in [1.82, 2.24) is 5.32 Å². The van der Waals surface area contributed by atoms with Gasteiger partial charge in [0.15, 0.2) is 0 Å². The Morgan fingerprint density at radius 3 is 2.33 bits per heavy atom. The van der Waals surface area contributed by atoms with Crippen LogP contribution in [0.25, 0.3) is 0 Å². The summed E-state index contributed by atoms with van der Waals surface area (Å²) in [6.07, 6.45) is 2.44. The van der Waals surface area contributed by atoms with Crippen LogP contribution in [0.3, 0.4) is 0 Å². The molecule has 0 fully saturated rings. The van der Waals surface area contributed by atoms with E-state index >= 15 is 0 Å². The quantitative estimate of drug-likeness (QED) is 0.761. The minimum Gasteiger partial charge on any atom is -0.310 e. The van der Waals surface area contributed by atoms with E-state index in [0.717, 1.165) is 17.5 Å². The Balaban J connectivity index is 2.94. The number of benzene rings is 1. The Labute approximate surface area is 117 Å². The third kappa shape index (κ3) is 4.29. The number of nitrogens with one attached hydrogen (secondary N) is 1. The van der Waals surface area contributed by atoms with Crippen molar-refractivity contribution in [1.29, 1.82) is 0 Å². The van der Waals surface area contributed by atoms with Crippen LogP contribution in [0.2, 0.25) is 5.02 Å². The average molecular weight is 268 g/mol. The van der Waals surface area contributed by atoms with Gasteiger partial charge in [-0.1, -0.05) is 38.4 Å². The van der Waals surface area contributed by atoms with Gasteiger partial charge in [-0.15, -0.1) is 0 Å². The van der Waals surface area contributed by atoms with Gasteiger partial charge < -0.3 is 5.32 Å². The van der Waals surface area contributed by atoms with Gasteiger partial charge in [0.2, 0.25) is 0 Å². The minimum absolute atomic E-state index is 0.452. The molecule has 0 saturated carbocycles. The summed E-state index contributed by atoms with van der Waals surface area (Å²) in [7, 11) is 0. The molecule has 0 spiro atoms. The first-order valence-corrected chi connectivity index (χ1v) is 7.33. The Hall–Kier alpha value is -0.530. The van der Waals surface area contributed by atoms with Crippen molar-refractivity contribution >= 4 is 11.6 Å². The molecule has 1 aromatic rings. The van der Waals surface area contributed by atoms with Gasteiger partial charge in [-0.2, -0.15) is 0 Å². The number of halogens is 1. The van der Waals surface area contributed by atoms with E-state index < -0.39 is 0 Å². The lowest BCUT2D eigenvalue weighted by atomic mass is 9.93. The van der Waals surface area contributed by atoms with Crippen molar-refractivity contribution in [3.05, 3.63) is 33.8 Å². The predicted octanol–water partition coefficient (Wildman–Crippen LogP) is 5.04. The highest BCUT2D eigenvalue weighted by atomic mass is 35.5. The second kappa shape index (κ2) is 7.16. The third-order valence-corrected chi connectivity index (χ3v) is 3.81. The maximum absolute atomic E-state index is 6.17. The molecular formula is C16H26ClN. The molecule has 2 heteroatoms. The van der Waals surface area contributed by atoms with E-state index in [0.29, 0.717) is 6.04 Å². The summed E-state index contributed by atoms with van der Waals surface area (Å²) in [6, 6.07) is 4.78. The van der Waals surface area contributed by atoms with Crippen LogP contribution in [-0.4, -0.2) is 6.54 Å². The van der Waals surface area contributed by atoms with Crippen LogP contribution in [0, 0.1) is 19.8 Å². The van der Waals surface area contributed by atoms with Gasteiger partial charge in [0.1, 0.15) is 0 Å². The number of aryl methyl sites for hydroxylation is 2. The second-order valence-electron chi connectivity index (χ2n) is 5.54. The summed E-state index contributed by atoms with van der Waals surface area (Å²) in [4.78, 5) is 0. The molecule has 102 valence electrons. The van der Waals surface area contributed by atoms with Crippen molar-refractivity contribution in [3.8, 4) is 0 Å². The molecule has 1 N–H and O–H groups in total. The standard InChI is InChI=1S/C16H26ClN/c1-6-18-16(8-7-11(2)3)14-9-13(5)15(17)10-12(14)4/h9-11,16,18H,6-8H2,1-5H3. The molecule has 1 nitrogen and oxygen atoms in total. The summed E-state index contributed by atoms with van der Waals surface area (Å²) in [5.41, 5.74) is 3.87. The van der Waals surface area contributed by atoms with E-state index in [1.54, 1.807) is 0 Å². The van der Waals surface area contributed by atoms with Gasteiger partial charge in [0.05, 0.1) is 0 Å². The highest BCUT2D eigenvalue weighted by Gasteiger charge is 2.14. The molecule has 0 radical (unpaired) electrons. The molecular weight excluding hydrogens is 242 g/mol. The van der Waals surface area contributed by atoms with Gasteiger partial charge in [-0.25, -0.2) is 0 Å². The van der Waals surface area contributed by atoms with Crippen LogP contribution in [0.15, 0.2) is 12.1 Å². The topological polar surface area (TPSA) is 12.0 Å². The number of rotatable bonds is 6. The first-order valence-electron chi connectivity index (χ1n) is 6.95. The number of hydrogen-bond acceptors (Lipinski definition) is 1. The molecule has 1 unspecified atom stereocenters. The van der Waals surface area contributed by atoms with Crippen molar-refractivity contribution in [3.63, 3.8) is 0 Å². The van der Waals surface area contributed by atoms with Gasteiger partial charge in [-0.05, 0) is 61.9 Å². The normalized spacial score (nSPS) is 13.1. The molecule has 1 aromatic carbocycles. The van der Waals surface area contributed by atoms with Crippen LogP contribution in [-0.2, 0) is 0 Å². The van der Waals surface area contributed by atoms with Gasteiger partial charge in [0.25, 0.3) is 0 Å². The van der Waals surface area contributed by atoms with E-state index in [1.807, 2.05) is 0 Å². The van der Waals surface area contributed by atoms with E-state index in [4.69, 9.17) is 11.6 Å². The fraction of sp³-hybridized carbons (Fsp3) is 0.625. The van der Waals surface area contributed by atoms with Crippen molar-refractivity contribution in [2.75, 3.05) is 6.54 Å². The molecule has 0 amide bonds. The molecule has 0 heterocycles. The molecule has 18 heavy (non-hydrogen) atoms. The smallest absolute Gasteiger partial charge is 0.0438 e. The SMILES string of the molecule is CCNC(CCC(C)C)c1cc(C)c(Cl)cc1C. The molecule has 0 aromatic heterocycles. The Kier molecular flexibility index (Phi) is 6.17. The number of hydrogen-bond donors (Lipinski definition) is 1. The molecule has 0 aliphatic carbocycles. The largest absolute Gasteiger partial charge is 0.310 e. The maximum Gasteiger partial charge on any atom is 0.0438 e. The van der Waals surface area contributed by atoms with Crippen LogP contribution in [0.5, 0.6) is 0 Å². The molecule has 0 bridgehead atoms. The summed E-state index contributed by atoms with van der Waals surface area (Å²) in [5, 5.41) is 4.47. The van der Waals surface area contributed by atoms with Crippen LogP contribution >= 0.6 is 11.6 Å². The van der Waals surface area contributed by atoms with E-state index in [-0.39, 0.29) is 0 Å². The lowest BCUT2D eigenvalue weighted by molar-refractivity contribution is 0.447. The van der Waals surface area contributed by atoms with Crippen molar-refractivity contribution in [2.45, 2.75) is 53.5 Å². The van der Waals surface area contributed by atoms with Gasteiger partial charge in [0, 0.05) is 11.1 Å². The Bertz CT molecular complexity index is 385. The van der Waals surface area contributed by atoms with Crippen molar-refractivity contribution < 1.29 is 0 Å². The summed E-state index contributed by atoms with van der Waals surface area (Å²) in [6.45, 7) is 12.0. The molecule has 1 rings (SSSR count). The lowest BCUT2D eigenvalue weighted by Crippen LogP contribution is -2.22. The Morgan fingerprint density at radius 1 is 1.11 bits per heavy atom. The average Bonchev–Trinajstić information content (AvgIpc) is 2.29. The van der Waals surface area contributed by atoms with Crippen LogP contribution in [0.4, 0.5) is 0 Å². The summed E-state index contributed by atoms with van der Waals surface area (Å²) >= 11 is 6.17. The predicted molar refractivity (Wildman–Crippen MR) is 81.4 cm³/mol. The minimum atomic E-state index is 0.452. The van der Waals surface area contributed by atoms with E-state index in [2.05, 4.69) is 52.1 Å². The zero-order valence-corrected chi connectivity index (χ0v) is 13.1. The third-order valence-electron chi connectivity index (χ3n) is 3.41. The monoisotopic (exact) mass is 267 g/mol. The summed E-state index contributed by atoms with van der Waals surface area (Å²) < 4.78 is 0. The fourth-order valence-corrected chi connectivity index (χ4v) is 2.51. The zero-order valence-electron chi connectivity index (χ0n) is 12.3. The first-order chi connectivity index (χ1) is 8.45. The molecule has 0 saturated heterocycles. The second-order valence-corrected chi connectivity index (χ2v) is 5.95. The molecule has 1 atom stereocenters. The lowest BCUT2D eigenvalue weighted by Gasteiger charge is -2.22. The first kappa shape index (κ1) is 15.5. The maximum atomic E-state index is 6.17. The van der Waals surface area contributed by atoms with Crippen molar-refractivity contribution in [2.24, 2.45) is 5.92 Å². The van der Waals surface area contributed by atoms with Crippen LogP contribution in [0.1, 0.15) is 56.3 Å². The fourth-order valence-electron chi connectivity index (χ4n) is 2.29. The van der Waals surface area contributed by atoms with Gasteiger partial charge in [-0.3, -0.25) is 0 Å². The van der Waals surface area contributed by atoms with Gasteiger partial charge >= 0.3 is 0 Å². The zero-order chi connectivity index (χ0) is 13.7. The van der Waals surface area contributed by atoms with E-state index in [9.17, 15) is 0 Å².